The topological polar surface area (TPSA) is 29.5 Å². The van der Waals surface area contributed by atoms with Gasteiger partial charge in [0.15, 0.2) is 0 Å². The van der Waals surface area contributed by atoms with Crippen LogP contribution in [0.25, 0.3) is 0 Å². The van der Waals surface area contributed by atoms with E-state index >= 15 is 0 Å². The van der Waals surface area contributed by atoms with E-state index in [4.69, 9.17) is 4.74 Å². The maximum atomic E-state index is 11.0. The molecule has 0 aromatic heterocycles. The predicted octanol–water partition coefficient (Wildman–Crippen LogP) is 3.39. The molecule has 1 aliphatic heterocycles. The summed E-state index contributed by atoms with van der Waals surface area (Å²) >= 11 is 0. The van der Waals surface area contributed by atoms with Gasteiger partial charge in [0.05, 0.1) is 10.8 Å². The lowest BCUT2D eigenvalue weighted by Gasteiger charge is -2.48. The second-order valence-electron chi connectivity index (χ2n) is 7.14. The van der Waals surface area contributed by atoms with Gasteiger partial charge in [-0.3, -0.25) is 0 Å². The van der Waals surface area contributed by atoms with Crippen molar-refractivity contribution in [1.29, 1.82) is 0 Å². The standard InChI is InChI=1S/C17H36O2Si/c1-4-5-6-7-8-9-12-15(2)16(3,18)17(20)13-10-11-14-19-17/h15,18H,4-14H2,1-3,20H3. The molecule has 120 valence electrons. The van der Waals surface area contributed by atoms with Crippen LogP contribution in [0, 0.1) is 5.92 Å². The number of aliphatic hydroxyl groups is 1. The lowest BCUT2D eigenvalue weighted by molar-refractivity contribution is -0.170. The largest absolute Gasteiger partial charge is 0.387 e. The maximum Gasteiger partial charge on any atom is 0.0893 e. The van der Waals surface area contributed by atoms with Crippen LogP contribution in [0.2, 0.25) is 0 Å². The van der Waals surface area contributed by atoms with Crippen LogP contribution in [-0.4, -0.2) is 32.8 Å². The molecule has 2 nitrogen and oxygen atoms in total. The van der Waals surface area contributed by atoms with E-state index < -0.39 is 5.60 Å². The number of rotatable bonds is 9. The Kier molecular flexibility index (Phi) is 7.77. The molecule has 0 spiro atoms. The molecule has 0 aromatic carbocycles. The van der Waals surface area contributed by atoms with Crippen LogP contribution >= 0.6 is 0 Å². The van der Waals surface area contributed by atoms with Crippen molar-refractivity contribution < 1.29 is 9.84 Å². The highest BCUT2D eigenvalue weighted by atomic mass is 28.1. The highest BCUT2D eigenvalue weighted by Gasteiger charge is 2.47. The second kappa shape index (κ2) is 8.55. The van der Waals surface area contributed by atoms with Crippen molar-refractivity contribution in [3.8, 4) is 0 Å². The molecular weight excluding hydrogens is 264 g/mol. The van der Waals surface area contributed by atoms with Crippen LogP contribution in [0.5, 0.6) is 0 Å². The fourth-order valence-electron chi connectivity index (χ4n) is 3.37. The number of ether oxygens (including phenoxy) is 1. The van der Waals surface area contributed by atoms with Crippen molar-refractivity contribution in [3.63, 3.8) is 0 Å². The van der Waals surface area contributed by atoms with Crippen LogP contribution < -0.4 is 0 Å². The Balaban J connectivity index is 2.34. The Bertz CT molecular complexity index is 260. The Labute approximate surface area is 129 Å². The molecule has 1 aliphatic rings. The van der Waals surface area contributed by atoms with Crippen LogP contribution in [0.3, 0.4) is 0 Å². The summed E-state index contributed by atoms with van der Waals surface area (Å²) < 4.78 is 6.02. The first kappa shape index (κ1) is 18.2. The van der Waals surface area contributed by atoms with Gasteiger partial charge in [0.1, 0.15) is 0 Å². The van der Waals surface area contributed by atoms with Crippen molar-refractivity contribution in [2.24, 2.45) is 5.92 Å². The molecule has 0 bridgehead atoms. The molecule has 3 atom stereocenters. The van der Waals surface area contributed by atoms with Gasteiger partial charge in [-0.1, -0.05) is 52.4 Å². The van der Waals surface area contributed by atoms with E-state index in [9.17, 15) is 5.11 Å². The fraction of sp³-hybridized carbons (Fsp3) is 1.00. The van der Waals surface area contributed by atoms with Gasteiger partial charge >= 0.3 is 0 Å². The molecule has 1 saturated heterocycles. The first-order valence-corrected chi connectivity index (χ1v) is 9.80. The van der Waals surface area contributed by atoms with Crippen LogP contribution in [0.15, 0.2) is 0 Å². The zero-order valence-corrected chi connectivity index (χ0v) is 16.2. The zero-order chi connectivity index (χ0) is 15.1. The van der Waals surface area contributed by atoms with Crippen molar-refractivity contribution in [1.82, 2.24) is 0 Å². The summed E-state index contributed by atoms with van der Waals surface area (Å²) in [6, 6.07) is 0. The lowest BCUT2D eigenvalue weighted by atomic mass is 9.79. The van der Waals surface area contributed by atoms with E-state index in [-0.39, 0.29) is 5.22 Å². The third-order valence-electron chi connectivity index (χ3n) is 5.49. The minimum absolute atomic E-state index is 0.215. The Morgan fingerprint density at radius 2 is 1.85 bits per heavy atom. The van der Waals surface area contributed by atoms with Gasteiger partial charge in [-0.05, 0) is 38.5 Å². The van der Waals surface area contributed by atoms with Gasteiger partial charge in [-0.25, -0.2) is 0 Å². The highest BCUT2D eigenvalue weighted by Crippen LogP contribution is 2.38. The van der Waals surface area contributed by atoms with E-state index in [1.807, 2.05) is 6.92 Å². The fourth-order valence-corrected chi connectivity index (χ4v) is 4.42. The zero-order valence-electron chi connectivity index (χ0n) is 14.2. The normalized spacial score (nSPS) is 28.2. The van der Waals surface area contributed by atoms with E-state index in [2.05, 4.69) is 13.8 Å². The molecule has 20 heavy (non-hydrogen) atoms. The summed E-state index contributed by atoms with van der Waals surface area (Å²) in [6.07, 6.45) is 12.5. The maximum absolute atomic E-state index is 11.0. The average Bonchev–Trinajstić information content (AvgIpc) is 2.43. The monoisotopic (exact) mass is 300 g/mol. The molecule has 1 rings (SSSR count). The highest BCUT2D eigenvalue weighted by molar-refractivity contribution is 6.15. The molecular formula is C17H36O2Si. The molecule has 0 radical (unpaired) electrons. The third-order valence-corrected chi connectivity index (χ3v) is 7.29. The van der Waals surface area contributed by atoms with Crippen molar-refractivity contribution >= 4 is 10.2 Å². The summed E-state index contributed by atoms with van der Waals surface area (Å²) in [7, 11) is 0.925. The van der Waals surface area contributed by atoms with Crippen molar-refractivity contribution in [2.75, 3.05) is 6.61 Å². The summed E-state index contributed by atoms with van der Waals surface area (Å²) in [4.78, 5) is 0. The smallest absolute Gasteiger partial charge is 0.0893 e. The summed E-state index contributed by atoms with van der Waals surface area (Å²) in [5, 5.41) is 10.8. The third kappa shape index (κ3) is 4.85. The lowest BCUT2D eigenvalue weighted by Crippen LogP contribution is -2.59. The molecule has 0 aromatic rings. The molecule has 1 fully saturated rings. The minimum Gasteiger partial charge on any atom is -0.387 e. The first-order chi connectivity index (χ1) is 9.44. The average molecular weight is 301 g/mol. The Hall–Kier alpha value is 0.137. The second-order valence-corrected chi connectivity index (χ2v) is 8.76. The summed E-state index contributed by atoms with van der Waals surface area (Å²) in [6.45, 7) is 7.33. The molecule has 1 heterocycles. The van der Waals surface area contributed by atoms with Crippen molar-refractivity contribution in [3.05, 3.63) is 0 Å². The molecule has 3 heteroatoms. The predicted molar refractivity (Wildman–Crippen MR) is 90.3 cm³/mol. The van der Waals surface area contributed by atoms with Gasteiger partial charge in [0, 0.05) is 16.8 Å². The quantitative estimate of drug-likeness (QED) is 0.522. The minimum atomic E-state index is -0.650. The molecule has 0 amide bonds. The number of hydrogen-bond donors (Lipinski definition) is 1. The summed E-state index contributed by atoms with van der Waals surface area (Å²) in [5.41, 5.74) is -0.650. The van der Waals surface area contributed by atoms with Crippen molar-refractivity contribution in [2.45, 2.75) is 95.8 Å². The number of hydrogen-bond acceptors (Lipinski definition) is 2. The van der Waals surface area contributed by atoms with Crippen LogP contribution in [-0.2, 0) is 4.74 Å². The SMILES string of the molecule is CCCCCCCCC(C)C(C)(O)C1([SiH3])CCCCO1. The van der Waals surface area contributed by atoms with E-state index in [0.29, 0.717) is 5.92 Å². The molecule has 0 saturated carbocycles. The van der Waals surface area contributed by atoms with Crippen LogP contribution in [0.4, 0.5) is 0 Å². The van der Waals surface area contributed by atoms with E-state index in [1.165, 1.54) is 44.9 Å². The molecule has 0 aliphatic carbocycles. The Morgan fingerprint density at radius 3 is 2.45 bits per heavy atom. The first-order valence-electron chi connectivity index (χ1n) is 8.80. The van der Waals surface area contributed by atoms with Crippen LogP contribution in [0.1, 0.15) is 85.0 Å². The Morgan fingerprint density at radius 1 is 1.20 bits per heavy atom. The number of unbranched alkanes of at least 4 members (excludes halogenated alkanes) is 5. The van der Waals surface area contributed by atoms with E-state index in [1.54, 1.807) is 0 Å². The van der Waals surface area contributed by atoms with E-state index in [0.717, 1.165) is 36.1 Å². The molecule has 1 N–H and O–H groups in total. The molecule has 3 unspecified atom stereocenters. The van der Waals surface area contributed by atoms with Gasteiger partial charge < -0.3 is 9.84 Å². The summed E-state index contributed by atoms with van der Waals surface area (Å²) in [5.74, 6) is 0.337. The van der Waals surface area contributed by atoms with Gasteiger partial charge in [0.25, 0.3) is 0 Å². The van der Waals surface area contributed by atoms with Gasteiger partial charge in [-0.2, -0.15) is 0 Å². The van der Waals surface area contributed by atoms with Gasteiger partial charge in [0.2, 0.25) is 0 Å². The van der Waals surface area contributed by atoms with Gasteiger partial charge in [-0.15, -0.1) is 0 Å².